The number of nitrogen functional groups attached to an aromatic ring is 1. The molecule has 8 nitrogen and oxygen atoms in total. The molecule has 3 rings (SSSR count). The molecule has 3 aromatic rings. The molecule has 1 aromatic heterocycles. The molecule has 0 atom stereocenters. The van der Waals surface area contributed by atoms with Gasteiger partial charge in [0.1, 0.15) is 17.8 Å². The van der Waals surface area contributed by atoms with Crippen LogP contribution in [0.1, 0.15) is 13.8 Å². The van der Waals surface area contributed by atoms with Crippen LogP contribution in [0.25, 0.3) is 0 Å². The molecule has 0 aliphatic rings. The number of benzene rings is 2. The van der Waals surface area contributed by atoms with E-state index in [9.17, 15) is 12.8 Å². The van der Waals surface area contributed by atoms with Crippen molar-refractivity contribution < 1.29 is 12.8 Å². The monoisotopic (exact) mass is 464 g/mol. The highest BCUT2D eigenvalue weighted by Crippen LogP contribution is 2.30. The van der Waals surface area contributed by atoms with Crippen LogP contribution >= 0.6 is 11.6 Å². The number of nitrogens with one attached hydrogen (secondary N) is 2. The molecule has 11 heteroatoms. The molecular weight excluding hydrogens is 443 g/mol. The van der Waals surface area contributed by atoms with Crippen LogP contribution in [0.3, 0.4) is 0 Å². The third-order valence-corrected chi connectivity index (χ3v) is 6.88. The molecule has 164 valence electrons. The lowest BCUT2D eigenvalue weighted by Gasteiger charge is -2.18. The Kier molecular flexibility index (Phi) is 6.94. The Morgan fingerprint density at radius 3 is 2.10 bits per heavy atom. The lowest BCUT2D eigenvalue weighted by atomic mass is 10.3. The summed E-state index contributed by atoms with van der Waals surface area (Å²) in [5.41, 5.74) is 7.49. The lowest BCUT2D eigenvalue weighted by Crippen LogP contribution is -2.30. The van der Waals surface area contributed by atoms with E-state index < -0.39 is 15.8 Å². The Bertz CT molecular complexity index is 1170. The van der Waals surface area contributed by atoms with Gasteiger partial charge in [0.15, 0.2) is 11.6 Å². The second-order valence-corrected chi connectivity index (χ2v) is 8.82. The van der Waals surface area contributed by atoms with Crippen LogP contribution in [0, 0.1) is 5.82 Å². The average Bonchev–Trinajstić information content (AvgIpc) is 2.75. The summed E-state index contributed by atoms with van der Waals surface area (Å²) < 4.78 is 39.9. The number of hydrogen-bond acceptors (Lipinski definition) is 7. The van der Waals surface area contributed by atoms with Crippen molar-refractivity contribution in [1.29, 1.82) is 0 Å². The number of hydrogen-bond donors (Lipinski definition) is 3. The van der Waals surface area contributed by atoms with Crippen LogP contribution in [-0.4, -0.2) is 35.8 Å². The average molecular weight is 465 g/mol. The highest BCUT2D eigenvalue weighted by atomic mass is 35.5. The van der Waals surface area contributed by atoms with E-state index in [-0.39, 0.29) is 15.6 Å². The minimum Gasteiger partial charge on any atom is -0.393 e. The first kappa shape index (κ1) is 22.7. The van der Waals surface area contributed by atoms with Gasteiger partial charge in [-0.2, -0.15) is 4.31 Å². The molecular formula is C20H22ClFN6O2S. The second kappa shape index (κ2) is 9.46. The van der Waals surface area contributed by atoms with E-state index in [1.165, 1.54) is 41.0 Å². The Balaban J connectivity index is 1.80. The number of rotatable bonds is 8. The SMILES string of the molecule is CCN(CC)S(=O)(=O)c1ccc(Nc2ncnc(Nc3ccc(F)c(Cl)c3)c2N)cc1. The highest BCUT2D eigenvalue weighted by molar-refractivity contribution is 7.89. The molecule has 1 heterocycles. The van der Waals surface area contributed by atoms with Gasteiger partial charge in [-0.25, -0.2) is 22.8 Å². The minimum absolute atomic E-state index is 0.0317. The van der Waals surface area contributed by atoms with Gasteiger partial charge in [-0.3, -0.25) is 0 Å². The van der Waals surface area contributed by atoms with Crippen LogP contribution < -0.4 is 16.4 Å². The molecule has 0 fully saturated rings. The van der Waals surface area contributed by atoms with Gasteiger partial charge in [-0.1, -0.05) is 25.4 Å². The Hall–Kier alpha value is -2.95. The van der Waals surface area contributed by atoms with Crippen molar-refractivity contribution in [2.45, 2.75) is 18.7 Å². The van der Waals surface area contributed by atoms with Gasteiger partial charge in [0.25, 0.3) is 0 Å². The predicted molar refractivity (Wildman–Crippen MR) is 121 cm³/mol. The van der Waals surface area contributed by atoms with Crippen molar-refractivity contribution >= 4 is 50.3 Å². The van der Waals surface area contributed by atoms with E-state index >= 15 is 0 Å². The quantitative estimate of drug-likeness (QED) is 0.453. The number of anilines is 5. The Labute approximate surface area is 185 Å². The van der Waals surface area contributed by atoms with E-state index in [1.807, 2.05) is 0 Å². The molecule has 0 saturated heterocycles. The fraction of sp³-hybridized carbons (Fsp3) is 0.200. The first-order valence-electron chi connectivity index (χ1n) is 9.46. The molecule has 4 N–H and O–H groups in total. The zero-order chi connectivity index (χ0) is 22.6. The van der Waals surface area contributed by atoms with E-state index in [0.717, 1.165) is 0 Å². The molecule has 31 heavy (non-hydrogen) atoms. The van der Waals surface area contributed by atoms with Crippen molar-refractivity contribution in [3.8, 4) is 0 Å². The summed E-state index contributed by atoms with van der Waals surface area (Å²) in [6, 6.07) is 10.5. The molecule has 0 unspecified atom stereocenters. The van der Waals surface area contributed by atoms with Gasteiger partial charge < -0.3 is 16.4 Å². The number of sulfonamides is 1. The van der Waals surface area contributed by atoms with E-state index in [2.05, 4.69) is 20.6 Å². The van der Waals surface area contributed by atoms with E-state index in [4.69, 9.17) is 17.3 Å². The molecule has 0 aliphatic heterocycles. The Morgan fingerprint density at radius 1 is 1.00 bits per heavy atom. The molecule has 0 aliphatic carbocycles. The number of nitrogens with zero attached hydrogens (tertiary/aromatic N) is 3. The molecule has 0 bridgehead atoms. The zero-order valence-corrected chi connectivity index (χ0v) is 18.5. The van der Waals surface area contributed by atoms with Crippen LogP contribution in [-0.2, 0) is 10.0 Å². The first-order chi connectivity index (χ1) is 14.8. The van der Waals surface area contributed by atoms with Crippen LogP contribution in [0.2, 0.25) is 5.02 Å². The third kappa shape index (κ3) is 5.04. The third-order valence-electron chi connectivity index (χ3n) is 4.53. The van der Waals surface area contributed by atoms with Crippen LogP contribution in [0.15, 0.2) is 53.7 Å². The van der Waals surface area contributed by atoms with Gasteiger partial charge in [0, 0.05) is 24.5 Å². The highest BCUT2D eigenvalue weighted by Gasteiger charge is 2.21. The number of aromatic nitrogens is 2. The Morgan fingerprint density at radius 2 is 1.55 bits per heavy atom. The molecule has 0 saturated carbocycles. The van der Waals surface area contributed by atoms with Gasteiger partial charge >= 0.3 is 0 Å². The van der Waals surface area contributed by atoms with E-state index in [0.29, 0.717) is 36.1 Å². The van der Waals surface area contributed by atoms with Crippen LogP contribution in [0.4, 0.5) is 33.1 Å². The number of halogens is 2. The van der Waals surface area contributed by atoms with Crippen LogP contribution in [0.5, 0.6) is 0 Å². The van der Waals surface area contributed by atoms with E-state index in [1.54, 1.807) is 26.0 Å². The van der Waals surface area contributed by atoms with Crippen molar-refractivity contribution in [3.05, 3.63) is 59.6 Å². The predicted octanol–water partition coefficient (Wildman–Crippen LogP) is 4.37. The van der Waals surface area contributed by atoms with Gasteiger partial charge in [0.2, 0.25) is 10.0 Å². The maximum absolute atomic E-state index is 13.3. The maximum Gasteiger partial charge on any atom is 0.243 e. The summed E-state index contributed by atoms with van der Waals surface area (Å²) >= 11 is 5.80. The van der Waals surface area contributed by atoms with Crippen molar-refractivity contribution in [2.24, 2.45) is 0 Å². The summed E-state index contributed by atoms with van der Waals surface area (Å²) in [6.07, 6.45) is 1.31. The number of nitrogens with two attached hydrogens (primary N) is 1. The topological polar surface area (TPSA) is 113 Å². The summed E-state index contributed by atoms with van der Waals surface area (Å²) in [7, 11) is -3.54. The fourth-order valence-electron chi connectivity index (χ4n) is 2.86. The van der Waals surface area contributed by atoms with Gasteiger partial charge in [0.05, 0.1) is 9.92 Å². The fourth-order valence-corrected chi connectivity index (χ4v) is 4.50. The maximum atomic E-state index is 13.3. The normalized spacial score (nSPS) is 11.5. The minimum atomic E-state index is -3.54. The zero-order valence-electron chi connectivity index (χ0n) is 16.9. The molecule has 0 amide bonds. The lowest BCUT2D eigenvalue weighted by molar-refractivity contribution is 0.445. The summed E-state index contributed by atoms with van der Waals surface area (Å²) in [5, 5.41) is 5.98. The van der Waals surface area contributed by atoms with Crippen molar-refractivity contribution in [2.75, 3.05) is 29.5 Å². The van der Waals surface area contributed by atoms with Crippen molar-refractivity contribution in [1.82, 2.24) is 14.3 Å². The largest absolute Gasteiger partial charge is 0.393 e. The van der Waals surface area contributed by atoms with Gasteiger partial charge in [-0.05, 0) is 42.5 Å². The second-order valence-electron chi connectivity index (χ2n) is 6.48. The smallest absolute Gasteiger partial charge is 0.243 e. The van der Waals surface area contributed by atoms with Crippen molar-refractivity contribution in [3.63, 3.8) is 0 Å². The molecule has 0 radical (unpaired) electrons. The summed E-state index contributed by atoms with van der Waals surface area (Å²) in [4.78, 5) is 8.44. The summed E-state index contributed by atoms with van der Waals surface area (Å²) in [5.74, 6) is 0.0997. The van der Waals surface area contributed by atoms with Gasteiger partial charge in [-0.15, -0.1) is 0 Å². The first-order valence-corrected chi connectivity index (χ1v) is 11.3. The molecule has 2 aromatic carbocycles. The summed E-state index contributed by atoms with van der Waals surface area (Å²) in [6.45, 7) is 4.37. The molecule has 0 spiro atoms. The standard InChI is InChI=1S/C20H22ClFN6O2S/c1-3-28(4-2)31(29,30)15-8-5-13(6-9-15)26-19-18(23)20(25-12-24-19)27-14-7-10-17(22)16(21)11-14/h5-12H,3-4,23H2,1-2H3,(H2,24,25,26,27).